The van der Waals surface area contributed by atoms with Crippen LogP contribution in [0.3, 0.4) is 0 Å². The number of hydrogen-bond donors (Lipinski definition) is 1. The standard InChI is InChI=1S/C4H9Cl2N.ClH/c1-4(7,2-5)3-6;/h2-3,7H2,1H3;1H. The zero-order chi connectivity index (χ0) is 5.91. The molecule has 0 aromatic heterocycles. The van der Waals surface area contributed by atoms with E-state index >= 15 is 0 Å². The highest BCUT2D eigenvalue weighted by Gasteiger charge is 2.13. The van der Waals surface area contributed by atoms with Gasteiger partial charge >= 0.3 is 0 Å². The molecule has 52 valence electrons. The van der Waals surface area contributed by atoms with Gasteiger partial charge in [-0.25, -0.2) is 0 Å². The Morgan fingerprint density at radius 3 is 1.62 bits per heavy atom. The lowest BCUT2D eigenvalue weighted by molar-refractivity contribution is 0.594. The fourth-order valence-corrected chi connectivity index (χ4v) is 0.321. The summed E-state index contributed by atoms with van der Waals surface area (Å²) in [6.45, 7) is 1.81. The van der Waals surface area contributed by atoms with Gasteiger partial charge in [0, 0.05) is 17.3 Å². The number of halogens is 3. The third-order valence-corrected chi connectivity index (χ3v) is 1.83. The third kappa shape index (κ3) is 4.98. The van der Waals surface area contributed by atoms with Gasteiger partial charge in [0.2, 0.25) is 0 Å². The van der Waals surface area contributed by atoms with Crippen LogP contribution < -0.4 is 5.73 Å². The highest BCUT2D eigenvalue weighted by molar-refractivity contribution is 6.21. The largest absolute Gasteiger partial charge is 0.323 e. The fraction of sp³-hybridized carbons (Fsp3) is 1.00. The van der Waals surface area contributed by atoms with Crippen molar-refractivity contribution >= 4 is 35.6 Å². The molecule has 0 spiro atoms. The van der Waals surface area contributed by atoms with E-state index in [1.165, 1.54) is 0 Å². The van der Waals surface area contributed by atoms with Crippen LogP contribution in [0.2, 0.25) is 0 Å². The Balaban J connectivity index is 0. The van der Waals surface area contributed by atoms with Crippen LogP contribution >= 0.6 is 35.6 Å². The molecule has 0 aliphatic carbocycles. The zero-order valence-electron chi connectivity index (χ0n) is 4.66. The van der Waals surface area contributed by atoms with Gasteiger partial charge in [-0.15, -0.1) is 35.6 Å². The molecule has 0 atom stereocenters. The van der Waals surface area contributed by atoms with Crippen molar-refractivity contribution in [3.8, 4) is 0 Å². The second kappa shape index (κ2) is 4.68. The van der Waals surface area contributed by atoms with E-state index in [0.717, 1.165) is 0 Å². The number of rotatable bonds is 2. The Labute approximate surface area is 65.9 Å². The van der Waals surface area contributed by atoms with Gasteiger partial charge in [-0.1, -0.05) is 0 Å². The normalized spacial score (nSPS) is 10.5. The Bertz CT molecular complexity index is 49.2. The van der Waals surface area contributed by atoms with Crippen LogP contribution in [0.25, 0.3) is 0 Å². The van der Waals surface area contributed by atoms with E-state index in [1.807, 2.05) is 6.92 Å². The molecule has 0 bridgehead atoms. The summed E-state index contributed by atoms with van der Waals surface area (Å²) in [5, 5.41) is 0. The second-order valence-corrected chi connectivity index (χ2v) is 2.46. The Morgan fingerprint density at radius 1 is 1.38 bits per heavy atom. The minimum absolute atomic E-state index is 0. The molecule has 0 unspecified atom stereocenters. The van der Waals surface area contributed by atoms with Gasteiger partial charge in [0.1, 0.15) is 0 Å². The summed E-state index contributed by atoms with van der Waals surface area (Å²) in [7, 11) is 0. The van der Waals surface area contributed by atoms with E-state index in [-0.39, 0.29) is 17.9 Å². The van der Waals surface area contributed by atoms with Crippen LogP contribution in [0, 0.1) is 0 Å². The topological polar surface area (TPSA) is 26.0 Å². The minimum atomic E-state index is -0.386. The highest BCUT2D eigenvalue weighted by atomic mass is 35.5. The summed E-state index contributed by atoms with van der Waals surface area (Å²) in [5.41, 5.74) is 5.07. The van der Waals surface area contributed by atoms with Gasteiger partial charge in [-0.05, 0) is 6.92 Å². The lowest BCUT2D eigenvalue weighted by Crippen LogP contribution is -2.39. The molecule has 0 amide bonds. The van der Waals surface area contributed by atoms with Crippen molar-refractivity contribution in [2.45, 2.75) is 12.5 Å². The van der Waals surface area contributed by atoms with Crippen LogP contribution in [0.1, 0.15) is 6.92 Å². The van der Waals surface area contributed by atoms with Crippen molar-refractivity contribution in [2.24, 2.45) is 5.73 Å². The first-order valence-corrected chi connectivity index (χ1v) is 3.10. The molecule has 0 rings (SSSR count). The predicted molar refractivity (Wildman–Crippen MR) is 41.3 cm³/mol. The minimum Gasteiger partial charge on any atom is -0.323 e. The maximum atomic E-state index is 5.45. The van der Waals surface area contributed by atoms with Gasteiger partial charge in [-0.2, -0.15) is 0 Å². The average Bonchev–Trinajstić information content (AvgIpc) is 1.68. The van der Waals surface area contributed by atoms with E-state index in [9.17, 15) is 0 Å². The van der Waals surface area contributed by atoms with Crippen molar-refractivity contribution in [1.82, 2.24) is 0 Å². The number of alkyl halides is 2. The number of nitrogens with two attached hydrogens (primary N) is 1. The van der Waals surface area contributed by atoms with E-state index in [2.05, 4.69) is 0 Å². The molecule has 0 saturated carbocycles. The van der Waals surface area contributed by atoms with Crippen LogP contribution in [-0.4, -0.2) is 17.3 Å². The van der Waals surface area contributed by atoms with E-state index in [1.54, 1.807) is 0 Å². The van der Waals surface area contributed by atoms with E-state index in [0.29, 0.717) is 11.8 Å². The molecular formula is C4H10Cl3N. The van der Waals surface area contributed by atoms with Crippen molar-refractivity contribution in [3.63, 3.8) is 0 Å². The second-order valence-electron chi connectivity index (χ2n) is 1.92. The van der Waals surface area contributed by atoms with Crippen LogP contribution in [-0.2, 0) is 0 Å². The Morgan fingerprint density at radius 2 is 1.62 bits per heavy atom. The molecular weight excluding hydrogens is 168 g/mol. The van der Waals surface area contributed by atoms with Crippen LogP contribution in [0.5, 0.6) is 0 Å². The zero-order valence-corrected chi connectivity index (χ0v) is 6.98. The summed E-state index contributed by atoms with van der Waals surface area (Å²) >= 11 is 10.8. The smallest absolute Gasteiger partial charge is 0.0412 e. The molecule has 0 saturated heterocycles. The summed E-state index contributed by atoms with van der Waals surface area (Å²) in [6, 6.07) is 0. The Kier molecular flexibility index (Phi) is 6.80. The maximum absolute atomic E-state index is 5.45. The molecule has 0 radical (unpaired) electrons. The van der Waals surface area contributed by atoms with Crippen molar-refractivity contribution in [1.29, 1.82) is 0 Å². The fourth-order valence-electron chi connectivity index (χ4n) is 0.0357. The first-order chi connectivity index (χ1) is 3.12. The molecule has 1 nitrogen and oxygen atoms in total. The molecule has 4 heteroatoms. The summed E-state index contributed by atoms with van der Waals surface area (Å²) in [4.78, 5) is 0. The Hall–Kier alpha value is 0.830. The van der Waals surface area contributed by atoms with Gasteiger partial charge in [0.15, 0.2) is 0 Å². The quantitative estimate of drug-likeness (QED) is 0.639. The molecule has 8 heavy (non-hydrogen) atoms. The van der Waals surface area contributed by atoms with Gasteiger partial charge < -0.3 is 5.73 Å². The van der Waals surface area contributed by atoms with E-state index in [4.69, 9.17) is 28.9 Å². The molecule has 0 aromatic rings. The van der Waals surface area contributed by atoms with Gasteiger partial charge in [0.25, 0.3) is 0 Å². The number of hydrogen-bond acceptors (Lipinski definition) is 1. The van der Waals surface area contributed by atoms with Crippen LogP contribution in [0.4, 0.5) is 0 Å². The van der Waals surface area contributed by atoms with Crippen LogP contribution in [0.15, 0.2) is 0 Å². The predicted octanol–water partition coefficient (Wildman–Crippen LogP) is 1.60. The first-order valence-electron chi connectivity index (χ1n) is 2.03. The monoisotopic (exact) mass is 177 g/mol. The van der Waals surface area contributed by atoms with Crippen molar-refractivity contribution < 1.29 is 0 Å². The van der Waals surface area contributed by atoms with Crippen molar-refractivity contribution in [2.75, 3.05) is 11.8 Å². The highest BCUT2D eigenvalue weighted by Crippen LogP contribution is 2.02. The molecule has 0 aliphatic rings. The third-order valence-electron chi connectivity index (χ3n) is 0.611. The molecule has 0 fully saturated rings. The average molecular weight is 178 g/mol. The molecule has 2 N–H and O–H groups in total. The first kappa shape index (κ1) is 11.6. The molecule has 0 heterocycles. The maximum Gasteiger partial charge on any atom is 0.0412 e. The molecule has 0 aliphatic heterocycles. The van der Waals surface area contributed by atoms with Gasteiger partial charge in [0.05, 0.1) is 0 Å². The van der Waals surface area contributed by atoms with Crippen molar-refractivity contribution in [3.05, 3.63) is 0 Å². The summed E-state index contributed by atoms with van der Waals surface area (Å²) < 4.78 is 0. The van der Waals surface area contributed by atoms with E-state index < -0.39 is 0 Å². The summed E-state index contributed by atoms with van der Waals surface area (Å²) in [6.07, 6.45) is 0. The molecule has 0 aromatic carbocycles. The van der Waals surface area contributed by atoms with Gasteiger partial charge in [-0.3, -0.25) is 0 Å². The lowest BCUT2D eigenvalue weighted by Gasteiger charge is -2.15. The summed E-state index contributed by atoms with van der Waals surface area (Å²) in [5.74, 6) is 0.826. The lowest BCUT2D eigenvalue weighted by atomic mass is 10.1. The SMILES string of the molecule is CC(N)(CCl)CCl.Cl.